The molecule has 0 unspecified atom stereocenters. The molecule has 0 spiro atoms. The summed E-state index contributed by atoms with van der Waals surface area (Å²) in [5.74, 6) is 0.380. The largest absolute Gasteiger partial charge is 0.337 e. The third-order valence-corrected chi connectivity index (χ3v) is 2.56. The van der Waals surface area contributed by atoms with Crippen molar-refractivity contribution in [2.45, 2.75) is 13.8 Å². The molecular formula is C12H13ClFN3O. The molecule has 1 aromatic carbocycles. The van der Waals surface area contributed by atoms with Crippen LogP contribution in [0.25, 0.3) is 11.4 Å². The lowest BCUT2D eigenvalue weighted by Gasteiger charge is -2.02. The zero-order valence-electron chi connectivity index (χ0n) is 10.1. The van der Waals surface area contributed by atoms with Gasteiger partial charge in [-0.1, -0.05) is 30.6 Å². The Labute approximate surface area is 109 Å². The van der Waals surface area contributed by atoms with Crippen molar-refractivity contribution in [3.8, 4) is 11.4 Å². The second kappa shape index (κ2) is 5.35. The van der Waals surface area contributed by atoms with Gasteiger partial charge in [-0.25, -0.2) is 4.39 Å². The predicted molar refractivity (Wildman–Crippen MR) is 68.0 cm³/mol. The van der Waals surface area contributed by atoms with Gasteiger partial charge in [-0.2, -0.15) is 4.98 Å². The van der Waals surface area contributed by atoms with Crippen LogP contribution in [0.1, 0.15) is 13.8 Å². The Bertz CT molecular complexity index is 542. The molecule has 1 aromatic heterocycles. The first-order valence-electron chi connectivity index (χ1n) is 5.59. The van der Waals surface area contributed by atoms with Gasteiger partial charge in [0.15, 0.2) is 0 Å². The van der Waals surface area contributed by atoms with Gasteiger partial charge in [-0.3, -0.25) is 0 Å². The van der Waals surface area contributed by atoms with Crippen molar-refractivity contribution in [2.24, 2.45) is 5.92 Å². The Morgan fingerprint density at radius 2 is 2.22 bits per heavy atom. The van der Waals surface area contributed by atoms with E-state index < -0.39 is 5.82 Å². The third-order valence-electron chi connectivity index (χ3n) is 2.27. The van der Waals surface area contributed by atoms with Gasteiger partial charge in [-0.05, 0) is 24.1 Å². The first-order chi connectivity index (χ1) is 8.56. The van der Waals surface area contributed by atoms with Gasteiger partial charge in [0.1, 0.15) is 5.82 Å². The summed E-state index contributed by atoms with van der Waals surface area (Å²) < 4.78 is 18.1. The summed E-state index contributed by atoms with van der Waals surface area (Å²) in [5.41, 5.74) is 0.614. The van der Waals surface area contributed by atoms with E-state index in [4.69, 9.17) is 16.1 Å². The van der Waals surface area contributed by atoms with Crippen LogP contribution in [0.4, 0.5) is 10.4 Å². The second-order valence-corrected chi connectivity index (χ2v) is 4.73. The van der Waals surface area contributed by atoms with Crippen molar-refractivity contribution in [2.75, 3.05) is 11.9 Å². The Morgan fingerprint density at radius 3 is 2.89 bits per heavy atom. The van der Waals surface area contributed by atoms with E-state index in [0.29, 0.717) is 23.3 Å². The monoisotopic (exact) mass is 269 g/mol. The maximum absolute atomic E-state index is 13.0. The summed E-state index contributed by atoms with van der Waals surface area (Å²) in [6.45, 7) is 4.89. The van der Waals surface area contributed by atoms with Crippen LogP contribution in [0, 0.1) is 11.7 Å². The van der Waals surface area contributed by atoms with Crippen molar-refractivity contribution >= 4 is 17.6 Å². The molecule has 0 saturated carbocycles. The molecule has 0 saturated heterocycles. The average molecular weight is 270 g/mol. The van der Waals surface area contributed by atoms with Gasteiger partial charge in [0.25, 0.3) is 0 Å². The highest BCUT2D eigenvalue weighted by Crippen LogP contribution is 2.23. The van der Waals surface area contributed by atoms with Crippen LogP contribution in [0.5, 0.6) is 0 Å². The number of anilines is 1. The highest BCUT2D eigenvalue weighted by molar-refractivity contribution is 6.31. The normalized spacial score (nSPS) is 10.9. The second-order valence-electron chi connectivity index (χ2n) is 4.33. The molecule has 1 heterocycles. The van der Waals surface area contributed by atoms with E-state index in [1.807, 2.05) is 0 Å². The minimum absolute atomic E-state index is 0.0361. The van der Waals surface area contributed by atoms with E-state index in [-0.39, 0.29) is 5.02 Å². The molecular weight excluding hydrogens is 257 g/mol. The van der Waals surface area contributed by atoms with Crippen molar-refractivity contribution in [3.05, 3.63) is 29.0 Å². The van der Waals surface area contributed by atoms with Gasteiger partial charge >= 0.3 is 6.01 Å². The molecule has 0 aliphatic carbocycles. The fourth-order valence-corrected chi connectivity index (χ4v) is 1.52. The maximum Gasteiger partial charge on any atom is 0.321 e. The van der Waals surface area contributed by atoms with Crippen LogP contribution >= 0.6 is 11.6 Å². The molecule has 0 aliphatic rings. The lowest BCUT2D eigenvalue weighted by molar-refractivity contribution is 0.429. The standard InChI is InChI=1S/C12H13ClFN3O/c1-7(2)6-15-12-16-11(17-18-12)8-3-4-10(14)9(13)5-8/h3-5,7H,6H2,1-2H3,(H,15,16,17). The molecule has 1 N–H and O–H groups in total. The Hall–Kier alpha value is -1.62. The van der Waals surface area contributed by atoms with Crippen LogP contribution in [-0.2, 0) is 0 Å². The number of hydrogen-bond donors (Lipinski definition) is 1. The molecule has 96 valence electrons. The quantitative estimate of drug-likeness (QED) is 0.921. The van der Waals surface area contributed by atoms with E-state index in [1.165, 1.54) is 12.1 Å². The fraction of sp³-hybridized carbons (Fsp3) is 0.333. The van der Waals surface area contributed by atoms with Crippen LogP contribution in [0.2, 0.25) is 5.02 Å². The topological polar surface area (TPSA) is 51.0 Å². The zero-order chi connectivity index (χ0) is 13.1. The highest BCUT2D eigenvalue weighted by Gasteiger charge is 2.10. The highest BCUT2D eigenvalue weighted by atomic mass is 35.5. The molecule has 4 nitrogen and oxygen atoms in total. The van der Waals surface area contributed by atoms with Gasteiger partial charge in [-0.15, -0.1) is 0 Å². The first kappa shape index (κ1) is 12.8. The van der Waals surface area contributed by atoms with E-state index in [1.54, 1.807) is 6.07 Å². The van der Waals surface area contributed by atoms with E-state index in [0.717, 1.165) is 6.54 Å². The predicted octanol–water partition coefficient (Wildman–Crippen LogP) is 3.60. The summed E-state index contributed by atoms with van der Waals surface area (Å²) in [6.07, 6.45) is 0. The summed E-state index contributed by atoms with van der Waals surface area (Å²) >= 11 is 5.70. The van der Waals surface area contributed by atoms with Gasteiger partial charge < -0.3 is 9.84 Å². The third kappa shape index (κ3) is 2.98. The van der Waals surface area contributed by atoms with Crippen molar-refractivity contribution in [3.63, 3.8) is 0 Å². The van der Waals surface area contributed by atoms with E-state index >= 15 is 0 Å². The van der Waals surface area contributed by atoms with Gasteiger partial charge in [0, 0.05) is 12.1 Å². The molecule has 2 aromatic rings. The molecule has 0 fully saturated rings. The molecule has 6 heteroatoms. The minimum Gasteiger partial charge on any atom is -0.337 e. The number of halogens is 2. The number of rotatable bonds is 4. The maximum atomic E-state index is 13.0. The SMILES string of the molecule is CC(C)CNc1nc(-c2ccc(F)c(Cl)c2)no1. The number of aromatic nitrogens is 2. The number of benzene rings is 1. The molecule has 0 aliphatic heterocycles. The van der Waals surface area contributed by atoms with Crippen LogP contribution in [-0.4, -0.2) is 16.7 Å². The molecule has 2 rings (SSSR count). The number of nitrogens with zero attached hydrogens (tertiary/aromatic N) is 2. The Morgan fingerprint density at radius 1 is 1.44 bits per heavy atom. The summed E-state index contributed by atoms with van der Waals surface area (Å²) in [7, 11) is 0. The Balaban J connectivity index is 2.16. The summed E-state index contributed by atoms with van der Waals surface area (Å²) in [4.78, 5) is 4.15. The van der Waals surface area contributed by atoms with Gasteiger partial charge in [0.05, 0.1) is 5.02 Å². The molecule has 18 heavy (non-hydrogen) atoms. The average Bonchev–Trinajstić information content (AvgIpc) is 2.79. The van der Waals surface area contributed by atoms with Crippen LogP contribution < -0.4 is 5.32 Å². The molecule has 0 amide bonds. The van der Waals surface area contributed by atoms with Crippen LogP contribution in [0.3, 0.4) is 0 Å². The van der Waals surface area contributed by atoms with Crippen LogP contribution in [0.15, 0.2) is 22.7 Å². The van der Waals surface area contributed by atoms with E-state index in [9.17, 15) is 4.39 Å². The van der Waals surface area contributed by atoms with E-state index in [2.05, 4.69) is 29.3 Å². The molecule has 0 bridgehead atoms. The summed E-state index contributed by atoms with van der Waals surface area (Å²) in [6, 6.07) is 4.64. The fourth-order valence-electron chi connectivity index (χ4n) is 1.34. The summed E-state index contributed by atoms with van der Waals surface area (Å²) in [5, 5.41) is 6.85. The lowest BCUT2D eigenvalue weighted by atomic mass is 10.2. The van der Waals surface area contributed by atoms with Gasteiger partial charge in [0.2, 0.25) is 5.82 Å². The molecule has 0 radical (unpaired) electrons. The smallest absolute Gasteiger partial charge is 0.321 e. The Kier molecular flexibility index (Phi) is 3.81. The van der Waals surface area contributed by atoms with Crippen molar-refractivity contribution in [1.82, 2.24) is 10.1 Å². The number of nitrogens with one attached hydrogen (secondary N) is 1. The molecule has 0 atom stereocenters. The zero-order valence-corrected chi connectivity index (χ0v) is 10.8. The van der Waals surface area contributed by atoms with Crippen molar-refractivity contribution < 1.29 is 8.91 Å². The first-order valence-corrected chi connectivity index (χ1v) is 5.97. The number of hydrogen-bond acceptors (Lipinski definition) is 4. The lowest BCUT2D eigenvalue weighted by Crippen LogP contribution is -2.07. The van der Waals surface area contributed by atoms with Crippen molar-refractivity contribution in [1.29, 1.82) is 0 Å². The minimum atomic E-state index is -0.470.